The maximum absolute atomic E-state index is 13.8. The van der Waals surface area contributed by atoms with E-state index in [-0.39, 0.29) is 11.6 Å². The van der Waals surface area contributed by atoms with Gasteiger partial charge in [-0.2, -0.15) is 0 Å². The van der Waals surface area contributed by atoms with Gasteiger partial charge < -0.3 is 4.90 Å². The van der Waals surface area contributed by atoms with E-state index in [0.717, 1.165) is 22.5 Å². The Bertz CT molecular complexity index is 1290. The third-order valence-electron chi connectivity index (χ3n) is 5.83. The minimum Gasteiger partial charge on any atom is -0.342 e. The molecule has 0 N–H and O–H groups in total. The van der Waals surface area contributed by atoms with Crippen LogP contribution in [-0.4, -0.2) is 10.8 Å². The number of nitro benzene ring substituents is 1. The van der Waals surface area contributed by atoms with Crippen LogP contribution in [0, 0.1) is 10.1 Å². The van der Waals surface area contributed by atoms with E-state index in [4.69, 9.17) is 0 Å². The molecule has 0 aromatic heterocycles. The zero-order chi connectivity index (χ0) is 22.8. The van der Waals surface area contributed by atoms with Crippen molar-refractivity contribution in [2.24, 2.45) is 0 Å². The van der Waals surface area contributed by atoms with Crippen molar-refractivity contribution in [2.45, 2.75) is 12.7 Å². The van der Waals surface area contributed by atoms with E-state index in [1.54, 1.807) is 17.0 Å². The summed E-state index contributed by atoms with van der Waals surface area (Å²) in [7, 11) is 0. The Labute approximate surface area is 191 Å². The lowest BCUT2D eigenvalue weighted by atomic mass is 9.99. The average Bonchev–Trinajstić information content (AvgIpc) is 2.87. The summed E-state index contributed by atoms with van der Waals surface area (Å²) in [6.45, 7) is 0.566. The van der Waals surface area contributed by atoms with E-state index < -0.39 is 11.1 Å². The van der Waals surface area contributed by atoms with Crippen LogP contribution in [0.2, 0.25) is 0 Å². The van der Waals surface area contributed by atoms with Crippen molar-refractivity contribution in [3.63, 3.8) is 0 Å². The van der Waals surface area contributed by atoms with Crippen LogP contribution in [0.25, 0.3) is 0 Å². The second-order valence-electron chi connectivity index (χ2n) is 7.86. The van der Waals surface area contributed by atoms with Crippen LogP contribution in [0.1, 0.15) is 27.7 Å². The summed E-state index contributed by atoms with van der Waals surface area (Å²) >= 11 is 0. The fourth-order valence-corrected chi connectivity index (χ4v) is 4.31. The lowest BCUT2D eigenvalue weighted by Gasteiger charge is -2.46. The highest BCUT2D eigenvalue weighted by Crippen LogP contribution is 2.42. The van der Waals surface area contributed by atoms with Gasteiger partial charge in [0.15, 0.2) is 0 Å². The van der Waals surface area contributed by atoms with Gasteiger partial charge in [-0.3, -0.25) is 19.8 Å². The molecule has 1 aliphatic rings. The number of rotatable bonds is 5. The summed E-state index contributed by atoms with van der Waals surface area (Å²) in [4.78, 5) is 28.5. The van der Waals surface area contributed by atoms with Gasteiger partial charge in [0.25, 0.3) is 11.6 Å². The highest BCUT2D eigenvalue weighted by Gasteiger charge is 2.39. The van der Waals surface area contributed by atoms with Crippen molar-refractivity contribution >= 4 is 23.0 Å². The predicted octanol–water partition coefficient (Wildman–Crippen LogP) is 5.96. The molecular weight excluding hydrogens is 414 g/mol. The number of nitrogens with zero attached hydrogens (tertiary/aromatic N) is 3. The number of carbonyl (C=O) groups excluding carboxylic acids is 1. The smallest absolute Gasteiger partial charge is 0.269 e. The zero-order valence-electron chi connectivity index (χ0n) is 17.7. The van der Waals surface area contributed by atoms with E-state index in [1.165, 1.54) is 12.1 Å². The number of benzene rings is 4. The number of anilines is 2. The first-order valence-electron chi connectivity index (χ1n) is 10.7. The molecule has 0 bridgehead atoms. The van der Waals surface area contributed by atoms with Crippen molar-refractivity contribution in [1.82, 2.24) is 0 Å². The molecule has 0 unspecified atom stereocenters. The van der Waals surface area contributed by atoms with E-state index in [0.29, 0.717) is 12.1 Å². The first-order chi connectivity index (χ1) is 16.1. The molecule has 4 aromatic rings. The summed E-state index contributed by atoms with van der Waals surface area (Å²) in [6.07, 6.45) is -0.476. The summed E-state index contributed by atoms with van der Waals surface area (Å²) < 4.78 is 0. The largest absolute Gasteiger partial charge is 0.342 e. The fraction of sp³-hybridized carbons (Fsp3) is 0.0741. The number of para-hydroxylation sites is 2. The Balaban J connectivity index is 1.71. The lowest BCUT2D eigenvalue weighted by Crippen LogP contribution is -2.49. The Kier molecular flexibility index (Phi) is 5.32. The molecule has 6 heteroatoms. The zero-order valence-corrected chi connectivity index (χ0v) is 17.7. The molecule has 1 aliphatic heterocycles. The molecule has 1 atom stereocenters. The second kappa shape index (κ2) is 8.59. The molecule has 0 saturated heterocycles. The molecule has 4 aromatic carbocycles. The van der Waals surface area contributed by atoms with Crippen molar-refractivity contribution in [3.05, 3.63) is 136 Å². The van der Waals surface area contributed by atoms with E-state index in [9.17, 15) is 14.9 Å². The molecule has 162 valence electrons. The standard InChI is InChI=1S/C27H21N3O3/c31-27-24-13-7-8-14-25(24)28(19-20-9-3-1-4-10-20)26(29(27)22-11-5-2-6-12-22)21-15-17-23(18-16-21)30(32)33/h1-18,26H,19H2/t26-/m1/s1. The van der Waals surface area contributed by atoms with Crippen LogP contribution in [0.15, 0.2) is 109 Å². The highest BCUT2D eigenvalue weighted by atomic mass is 16.6. The van der Waals surface area contributed by atoms with Crippen LogP contribution >= 0.6 is 0 Å². The van der Waals surface area contributed by atoms with Crippen molar-refractivity contribution in [3.8, 4) is 0 Å². The first kappa shape index (κ1) is 20.5. The molecule has 0 saturated carbocycles. The molecule has 1 amide bonds. The molecule has 0 spiro atoms. The summed E-state index contributed by atoms with van der Waals surface area (Å²) in [6, 6.07) is 33.6. The number of hydrogen-bond acceptors (Lipinski definition) is 4. The Morgan fingerprint density at radius 2 is 1.36 bits per heavy atom. The van der Waals surface area contributed by atoms with Gasteiger partial charge in [0.2, 0.25) is 0 Å². The van der Waals surface area contributed by atoms with Crippen molar-refractivity contribution < 1.29 is 9.72 Å². The molecule has 1 heterocycles. The quantitative estimate of drug-likeness (QED) is 0.287. The van der Waals surface area contributed by atoms with Crippen LogP contribution in [0.5, 0.6) is 0 Å². The highest BCUT2D eigenvalue weighted by molar-refractivity contribution is 6.12. The predicted molar refractivity (Wildman–Crippen MR) is 128 cm³/mol. The number of fused-ring (bicyclic) bond motifs is 1. The van der Waals surface area contributed by atoms with Crippen LogP contribution in [-0.2, 0) is 6.54 Å². The van der Waals surface area contributed by atoms with Gasteiger partial charge in [-0.25, -0.2) is 0 Å². The van der Waals surface area contributed by atoms with Gasteiger partial charge in [0.05, 0.1) is 16.2 Å². The van der Waals surface area contributed by atoms with Crippen LogP contribution in [0.4, 0.5) is 17.1 Å². The molecule has 33 heavy (non-hydrogen) atoms. The average molecular weight is 435 g/mol. The monoisotopic (exact) mass is 435 g/mol. The molecule has 5 rings (SSSR count). The lowest BCUT2D eigenvalue weighted by molar-refractivity contribution is -0.384. The minimum atomic E-state index is -0.476. The second-order valence-corrected chi connectivity index (χ2v) is 7.86. The van der Waals surface area contributed by atoms with Gasteiger partial charge in [-0.1, -0.05) is 60.7 Å². The molecule has 0 radical (unpaired) electrons. The number of hydrogen-bond donors (Lipinski definition) is 0. The van der Waals surface area contributed by atoms with Gasteiger partial charge in [0.1, 0.15) is 6.17 Å². The summed E-state index contributed by atoms with van der Waals surface area (Å²) in [5, 5.41) is 11.2. The fourth-order valence-electron chi connectivity index (χ4n) is 4.31. The molecule has 0 fully saturated rings. The van der Waals surface area contributed by atoms with E-state index >= 15 is 0 Å². The summed E-state index contributed by atoms with van der Waals surface area (Å²) in [5.74, 6) is -0.107. The van der Waals surface area contributed by atoms with Crippen LogP contribution in [0.3, 0.4) is 0 Å². The SMILES string of the molecule is O=C1c2ccccc2N(Cc2ccccc2)[C@@H](c2ccc([N+](=O)[O-])cc2)N1c1ccccc1. The van der Waals surface area contributed by atoms with Crippen LogP contribution < -0.4 is 9.80 Å². The molecule has 0 aliphatic carbocycles. The summed E-state index contributed by atoms with van der Waals surface area (Å²) in [5.41, 5.74) is 4.13. The van der Waals surface area contributed by atoms with E-state index in [2.05, 4.69) is 17.0 Å². The third-order valence-corrected chi connectivity index (χ3v) is 5.83. The maximum Gasteiger partial charge on any atom is 0.269 e. The first-order valence-corrected chi connectivity index (χ1v) is 10.7. The van der Waals surface area contributed by atoms with E-state index in [1.807, 2.05) is 72.8 Å². The number of carbonyl (C=O) groups is 1. The Morgan fingerprint density at radius 3 is 2.03 bits per heavy atom. The Morgan fingerprint density at radius 1 is 0.758 bits per heavy atom. The normalized spacial score (nSPS) is 15.3. The van der Waals surface area contributed by atoms with Gasteiger partial charge in [0, 0.05) is 24.4 Å². The minimum absolute atomic E-state index is 0.0159. The maximum atomic E-state index is 13.8. The van der Waals surface area contributed by atoms with Crippen molar-refractivity contribution in [2.75, 3.05) is 9.80 Å². The van der Waals surface area contributed by atoms with Gasteiger partial charge in [-0.15, -0.1) is 0 Å². The number of amides is 1. The van der Waals surface area contributed by atoms with Crippen molar-refractivity contribution in [1.29, 1.82) is 0 Å². The van der Waals surface area contributed by atoms with Gasteiger partial charge >= 0.3 is 0 Å². The molecular formula is C27H21N3O3. The molecule has 6 nitrogen and oxygen atoms in total. The Hall–Kier alpha value is -4.45. The topological polar surface area (TPSA) is 66.7 Å². The number of non-ortho nitro benzene ring substituents is 1. The third kappa shape index (κ3) is 3.83. The van der Waals surface area contributed by atoms with Gasteiger partial charge in [-0.05, 0) is 47.5 Å². The number of nitro groups is 1.